The number of nitro groups is 1. The van der Waals surface area contributed by atoms with E-state index >= 15 is 0 Å². The van der Waals surface area contributed by atoms with E-state index in [2.05, 4.69) is 0 Å². The van der Waals surface area contributed by atoms with Gasteiger partial charge in [-0.15, -0.1) is 0 Å². The molecule has 2 aromatic rings. The van der Waals surface area contributed by atoms with Crippen molar-refractivity contribution in [1.82, 2.24) is 0 Å². The Balaban J connectivity index is 2.10. The van der Waals surface area contributed by atoms with E-state index in [4.69, 9.17) is 0 Å². The van der Waals surface area contributed by atoms with Crippen LogP contribution >= 0.6 is 0 Å². The molecule has 0 heterocycles. The summed E-state index contributed by atoms with van der Waals surface area (Å²) in [7, 11) is 0. The zero-order valence-corrected chi connectivity index (χ0v) is 11.6. The molecule has 2 rings (SSSR count). The van der Waals surface area contributed by atoms with Gasteiger partial charge < -0.3 is 0 Å². The molecule has 0 atom stereocenters. The van der Waals surface area contributed by atoms with Crippen molar-refractivity contribution in [3.63, 3.8) is 0 Å². The van der Waals surface area contributed by atoms with Gasteiger partial charge in [0.15, 0.2) is 5.78 Å². The number of nitrogens with zero attached hydrogens (tertiary/aromatic N) is 1. The summed E-state index contributed by atoms with van der Waals surface area (Å²) in [6, 6.07) is 9.41. The first-order valence-corrected chi connectivity index (χ1v) is 6.41. The second-order valence-electron chi connectivity index (χ2n) is 4.62. The van der Waals surface area contributed by atoms with Gasteiger partial charge in [-0.1, -0.05) is 18.2 Å². The smallest absolute Gasteiger partial charge is 0.289 e. The lowest BCUT2D eigenvalue weighted by atomic mass is 10.1. The molecule has 0 aliphatic carbocycles. The molecule has 7 heteroatoms. The van der Waals surface area contributed by atoms with E-state index in [1.165, 1.54) is 48.6 Å². The summed E-state index contributed by atoms with van der Waals surface area (Å²) in [6.45, 7) is 0. The average Bonchev–Trinajstić information content (AvgIpc) is 2.52. The topological polar surface area (TPSA) is 60.2 Å². The van der Waals surface area contributed by atoms with Gasteiger partial charge in [-0.3, -0.25) is 14.9 Å². The molecule has 0 N–H and O–H groups in total. The second kappa shape index (κ2) is 6.43. The summed E-state index contributed by atoms with van der Waals surface area (Å²) < 4.78 is 37.3. The summed E-state index contributed by atoms with van der Waals surface area (Å²) in [5.41, 5.74) is -0.211. The second-order valence-corrected chi connectivity index (χ2v) is 4.62. The Morgan fingerprint density at radius 1 is 1.00 bits per heavy atom. The molecule has 0 spiro atoms. The van der Waals surface area contributed by atoms with Crippen molar-refractivity contribution >= 4 is 17.5 Å². The van der Waals surface area contributed by atoms with Crippen LogP contribution in [-0.2, 0) is 6.18 Å². The van der Waals surface area contributed by atoms with Crippen LogP contribution in [0.15, 0.2) is 54.6 Å². The highest BCUT2D eigenvalue weighted by molar-refractivity contribution is 6.06. The van der Waals surface area contributed by atoms with Crippen LogP contribution in [0.3, 0.4) is 0 Å². The minimum Gasteiger partial charge on any atom is -0.289 e. The number of halogens is 3. The zero-order chi connectivity index (χ0) is 17.0. The highest BCUT2D eigenvalue weighted by Crippen LogP contribution is 2.29. The Labute approximate surface area is 129 Å². The molecule has 4 nitrogen and oxygen atoms in total. The maximum absolute atomic E-state index is 12.4. The van der Waals surface area contributed by atoms with Crippen molar-refractivity contribution in [2.24, 2.45) is 0 Å². The Morgan fingerprint density at radius 2 is 1.57 bits per heavy atom. The monoisotopic (exact) mass is 321 g/mol. The number of carbonyl (C=O) groups is 1. The van der Waals surface area contributed by atoms with Crippen LogP contribution in [0, 0.1) is 10.1 Å². The number of nitro benzene ring substituents is 1. The van der Waals surface area contributed by atoms with Crippen molar-refractivity contribution in [1.29, 1.82) is 0 Å². The van der Waals surface area contributed by atoms with Crippen LogP contribution < -0.4 is 0 Å². The summed E-state index contributed by atoms with van der Waals surface area (Å²) in [5, 5.41) is 10.5. The number of allylic oxidation sites excluding steroid dienone is 1. The quantitative estimate of drug-likeness (QED) is 0.360. The number of carbonyl (C=O) groups excluding carboxylic acids is 1. The molecule has 0 bridgehead atoms. The first-order chi connectivity index (χ1) is 10.8. The number of rotatable bonds is 4. The van der Waals surface area contributed by atoms with Crippen molar-refractivity contribution in [3.8, 4) is 0 Å². The van der Waals surface area contributed by atoms with Crippen molar-refractivity contribution in [2.45, 2.75) is 6.18 Å². The molecule has 2 aromatic carbocycles. The molecule has 0 aliphatic heterocycles. The Hall–Kier alpha value is -2.96. The van der Waals surface area contributed by atoms with Crippen LogP contribution in [0.25, 0.3) is 6.08 Å². The Morgan fingerprint density at radius 3 is 2.04 bits per heavy atom. The van der Waals surface area contributed by atoms with E-state index in [1.807, 2.05) is 0 Å². The normalized spacial score (nSPS) is 11.6. The maximum Gasteiger partial charge on any atom is 0.416 e. The lowest BCUT2D eigenvalue weighted by molar-refractivity contribution is -0.384. The standard InChI is InChI=1S/C16H10F3NO3/c17-16(18,19)13-6-1-11(2-7-13)3-10-15(21)12-4-8-14(9-5-12)20(22)23/h1-10H. The number of non-ortho nitro benzene ring substituents is 1. The van der Waals surface area contributed by atoms with Gasteiger partial charge in [-0.25, -0.2) is 0 Å². The average molecular weight is 321 g/mol. The van der Waals surface area contributed by atoms with E-state index in [9.17, 15) is 28.1 Å². The summed E-state index contributed by atoms with van der Waals surface area (Å²) in [6.07, 6.45) is -1.83. The molecule has 0 saturated carbocycles. The number of hydrogen-bond donors (Lipinski definition) is 0. The van der Waals surface area contributed by atoms with Gasteiger partial charge >= 0.3 is 6.18 Å². The first kappa shape index (κ1) is 16.4. The number of benzene rings is 2. The molecular formula is C16H10F3NO3. The van der Waals surface area contributed by atoms with Crippen molar-refractivity contribution < 1.29 is 22.9 Å². The molecule has 0 amide bonds. The fourth-order valence-corrected chi connectivity index (χ4v) is 1.80. The fraction of sp³-hybridized carbons (Fsp3) is 0.0625. The van der Waals surface area contributed by atoms with E-state index in [1.54, 1.807) is 0 Å². The van der Waals surface area contributed by atoms with E-state index in [0.29, 0.717) is 5.56 Å². The van der Waals surface area contributed by atoms with Crippen LogP contribution in [0.4, 0.5) is 18.9 Å². The van der Waals surface area contributed by atoms with Gasteiger partial charge in [0, 0.05) is 17.7 Å². The van der Waals surface area contributed by atoms with Crippen LogP contribution in [0.2, 0.25) is 0 Å². The van der Waals surface area contributed by atoms with Gasteiger partial charge in [-0.05, 0) is 35.9 Å². The Bertz CT molecular complexity index is 748. The maximum atomic E-state index is 12.4. The predicted octanol–water partition coefficient (Wildman–Crippen LogP) is 4.51. The predicted molar refractivity (Wildman–Crippen MR) is 77.9 cm³/mol. The van der Waals surface area contributed by atoms with Crippen LogP contribution in [-0.4, -0.2) is 10.7 Å². The minimum absolute atomic E-state index is 0.131. The molecule has 0 saturated heterocycles. The van der Waals surface area contributed by atoms with Crippen molar-refractivity contribution in [2.75, 3.05) is 0 Å². The molecule has 0 aromatic heterocycles. The van der Waals surface area contributed by atoms with Gasteiger partial charge in [0.25, 0.3) is 5.69 Å². The van der Waals surface area contributed by atoms with Crippen LogP contribution in [0.5, 0.6) is 0 Å². The summed E-state index contributed by atoms with van der Waals surface area (Å²) in [5.74, 6) is -0.403. The molecule has 0 aliphatic rings. The first-order valence-electron chi connectivity index (χ1n) is 6.41. The molecular weight excluding hydrogens is 311 g/mol. The SMILES string of the molecule is O=C(C=Cc1ccc(C(F)(F)F)cc1)c1ccc([N+](=O)[O-])cc1. The molecule has 23 heavy (non-hydrogen) atoms. The molecule has 0 fully saturated rings. The third-order valence-electron chi connectivity index (χ3n) is 3.03. The number of hydrogen-bond acceptors (Lipinski definition) is 3. The zero-order valence-electron chi connectivity index (χ0n) is 11.6. The minimum atomic E-state index is -4.41. The van der Waals surface area contributed by atoms with Gasteiger partial charge in [0.05, 0.1) is 10.5 Å². The lowest BCUT2D eigenvalue weighted by Gasteiger charge is -2.05. The van der Waals surface area contributed by atoms with Crippen molar-refractivity contribution in [3.05, 3.63) is 81.4 Å². The van der Waals surface area contributed by atoms with E-state index in [-0.39, 0.29) is 11.3 Å². The highest BCUT2D eigenvalue weighted by Gasteiger charge is 2.29. The third kappa shape index (κ3) is 4.26. The van der Waals surface area contributed by atoms with Gasteiger partial charge in [0.1, 0.15) is 0 Å². The summed E-state index contributed by atoms with van der Waals surface area (Å²) in [4.78, 5) is 21.8. The number of alkyl halides is 3. The number of ketones is 1. The lowest BCUT2D eigenvalue weighted by Crippen LogP contribution is -2.04. The van der Waals surface area contributed by atoms with E-state index < -0.39 is 22.4 Å². The third-order valence-corrected chi connectivity index (χ3v) is 3.03. The van der Waals surface area contributed by atoms with Gasteiger partial charge in [0.2, 0.25) is 0 Å². The Kier molecular flexibility index (Phi) is 4.59. The highest BCUT2D eigenvalue weighted by atomic mass is 19.4. The molecule has 118 valence electrons. The molecule has 0 unspecified atom stereocenters. The largest absolute Gasteiger partial charge is 0.416 e. The molecule has 0 radical (unpaired) electrons. The van der Waals surface area contributed by atoms with Crippen LogP contribution in [0.1, 0.15) is 21.5 Å². The summed E-state index contributed by atoms with van der Waals surface area (Å²) >= 11 is 0. The fourth-order valence-electron chi connectivity index (χ4n) is 1.80. The van der Waals surface area contributed by atoms with E-state index in [0.717, 1.165) is 12.1 Å². The van der Waals surface area contributed by atoms with Gasteiger partial charge in [-0.2, -0.15) is 13.2 Å².